The standard InChI is InChI=1S/C23H29F2N3O3/c1-18(15-27-11-13-30-14-12-27)28(16-19-5-3-2-4-6-19)17-22(29)26-20-7-9-21(10-8-20)31-23(24)25/h2-10,18,23H,11-17H2,1H3,(H,26,29). The molecular formula is C23H29F2N3O3. The summed E-state index contributed by atoms with van der Waals surface area (Å²) < 4.78 is 34.3. The number of carbonyl (C=O) groups is 1. The number of ether oxygens (including phenoxy) is 2. The van der Waals surface area contributed by atoms with Gasteiger partial charge in [-0.05, 0) is 36.8 Å². The molecule has 1 atom stereocenters. The molecule has 1 aliphatic heterocycles. The van der Waals surface area contributed by atoms with Crippen molar-refractivity contribution in [2.24, 2.45) is 0 Å². The summed E-state index contributed by atoms with van der Waals surface area (Å²) in [5, 5.41) is 2.84. The van der Waals surface area contributed by atoms with Crippen LogP contribution < -0.4 is 10.1 Å². The minimum atomic E-state index is -2.88. The van der Waals surface area contributed by atoms with Crippen molar-refractivity contribution in [3.05, 3.63) is 60.2 Å². The fourth-order valence-corrected chi connectivity index (χ4v) is 3.56. The number of anilines is 1. The van der Waals surface area contributed by atoms with Gasteiger partial charge >= 0.3 is 6.61 Å². The molecule has 1 aliphatic rings. The molecule has 2 aromatic rings. The van der Waals surface area contributed by atoms with Crippen molar-refractivity contribution in [2.45, 2.75) is 26.1 Å². The zero-order chi connectivity index (χ0) is 22.1. The fourth-order valence-electron chi connectivity index (χ4n) is 3.56. The number of amides is 1. The van der Waals surface area contributed by atoms with Crippen molar-refractivity contribution < 1.29 is 23.0 Å². The number of hydrogen-bond acceptors (Lipinski definition) is 5. The first-order chi connectivity index (χ1) is 15.0. The van der Waals surface area contributed by atoms with Gasteiger partial charge in [0.05, 0.1) is 19.8 Å². The van der Waals surface area contributed by atoms with Crippen molar-refractivity contribution >= 4 is 11.6 Å². The van der Waals surface area contributed by atoms with Crippen LogP contribution in [-0.2, 0) is 16.1 Å². The molecule has 0 radical (unpaired) electrons. The van der Waals surface area contributed by atoms with E-state index in [0.29, 0.717) is 12.2 Å². The molecule has 0 saturated carbocycles. The minimum absolute atomic E-state index is 0.0536. The second-order valence-electron chi connectivity index (χ2n) is 7.60. The normalized spacial score (nSPS) is 15.8. The highest BCUT2D eigenvalue weighted by Crippen LogP contribution is 2.18. The Hall–Kier alpha value is -2.55. The molecule has 8 heteroatoms. The Labute approximate surface area is 181 Å². The molecule has 1 saturated heterocycles. The van der Waals surface area contributed by atoms with Gasteiger partial charge in [0.2, 0.25) is 5.91 Å². The van der Waals surface area contributed by atoms with E-state index in [2.05, 4.69) is 26.8 Å². The topological polar surface area (TPSA) is 54.0 Å². The van der Waals surface area contributed by atoms with Crippen LogP contribution in [0, 0.1) is 0 Å². The number of morpholine rings is 1. The first-order valence-electron chi connectivity index (χ1n) is 10.4. The quantitative estimate of drug-likeness (QED) is 0.622. The molecule has 1 heterocycles. The van der Waals surface area contributed by atoms with Gasteiger partial charge in [-0.15, -0.1) is 0 Å². The van der Waals surface area contributed by atoms with Crippen LogP contribution in [0.15, 0.2) is 54.6 Å². The van der Waals surface area contributed by atoms with Crippen LogP contribution in [0.3, 0.4) is 0 Å². The van der Waals surface area contributed by atoms with Crippen LogP contribution in [0.1, 0.15) is 12.5 Å². The molecule has 3 rings (SSSR count). The molecule has 1 unspecified atom stereocenters. The maximum absolute atomic E-state index is 12.7. The molecule has 31 heavy (non-hydrogen) atoms. The molecule has 0 aliphatic carbocycles. The van der Waals surface area contributed by atoms with Crippen molar-refractivity contribution in [3.8, 4) is 5.75 Å². The number of rotatable bonds is 10. The lowest BCUT2D eigenvalue weighted by atomic mass is 10.1. The van der Waals surface area contributed by atoms with Gasteiger partial charge in [0.25, 0.3) is 0 Å². The van der Waals surface area contributed by atoms with Gasteiger partial charge in [0, 0.05) is 37.9 Å². The maximum atomic E-state index is 12.7. The lowest BCUT2D eigenvalue weighted by Crippen LogP contribution is -2.47. The van der Waals surface area contributed by atoms with E-state index in [4.69, 9.17) is 4.74 Å². The van der Waals surface area contributed by atoms with Gasteiger partial charge < -0.3 is 14.8 Å². The van der Waals surface area contributed by atoms with Gasteiger partial charge in [-0.3, -0.25) is 14.6 Å². The van der Waals surface area contributed by atoms with Crippen molar-refractivity contribution in [2.75, 3.05) is 44.7 Å². The van der Waals surface area contributed by atoms with Crippen LogP contribution in [-0.4, -0.2) is 67.8 Å². The summed E-state index contributed by atoms with van der Waals surface area (Å²) in [6.07, 6.45) is 0. The zero-order valence-corrected chi connectivity index (χ0v) is 17.7. The predicted molar refractivity (Wildman–Crippen MR) is 115 cm³/mol. The molecule has 1 N–H and O–H groups in total. The molecule has 1 amide bonds. The van der Waals surface area contributed by atoms with Crippen LogP contribution in [0.2, 0.25) is 0 Å². The third-order valence-electron chi connectivity index (χ3n) is 5.19. The summed E-state index contributed by atoms with van der Waals surface area (Å²) in [5.74, 6) is -0.106. The van der Waals surface area contributed by atoms with E-state index in [0.717, 1.165) is 38.4 Å². The summed E-state index contributed by atoms with van der Waals surface area (Å²) in [6, 6.07) is 16.1. The second-order valence-corrected chi connectivity index (χ2v) is 7.60. The van der Waals surface area contributed by atoms with E-state index in [9.17, 15) is 13.6 Å². The maximum Gasteiger partial charge on any atom is 0.387 e. The van der Waals surface area contributed by atoms with Crippen molar-refractivity contribution in [1.29, 1.82) is 0 Å². The van der Waals surface area contributed by atoms with E-state index in [-0.39, 0.29) is 24.2 Å². The predicted octanol–water partition coefficient (Wildman–Crippen LogP) is 3.45. The van der Waals surface area contributed by atoms with Crippen LogP contribution in [0.5, 0.6) is 5.75 Å². The van der Waals surface area contributed by atoms with Crippen molar-refractivity contribution in [3.63, 3.8) is 0 Å². The number of halogens is 2. The lowest BCUT2D eigenvalue weighted by molar-refractivity contribution is -0.118. The Bertz CT molecular complexity index is 799. The average molecular weight is 433 g/mol. The summed E-state index contributed by atoms with van der Waals surface area (Å²) in [5.41, 5.74) is 1.67. The second kappa shape index (κ2) is 11.7. The molecule has 168 valence electrons. The highest BCUT2D eigenvalue weighted by Gasteiger charge is 2.21. The number of nitrogens with one attached hydrogen (secondary N) is 1. The van der Waals surface area contributed by atoms with Crippen LogP contribution in [0.4, 0.5) is 14.5 Å². The molecule has 2 aromatic carbocycles. The van der Waals surface area contributed by atoms with Crippen LogP contribution in [0.25, 0.3) is 0 Å². The van der Waals surface area contributed by atoms with Gasteiger partial charge in [-0.1, -0.05) is 30.3 Å². The number of alkyl halides is 2. The van der Waals surface area contributed by atoms with E-state index >= 15 is 0 Å². The van der Waals surface area contributed by atoms with Gasteiger partial charge in [0.1, 0.15) is 5.75 Å². The highest BCUT2D eigenvalue weighted by molar-refractivity contribution is 5.92. The molecule has 0 bridgehead atoms. The fraction of sp³-hybridized carbons (Fsp3) is 0.435. The van der Waals surface area contributed by atoms with Crippen molar-refractivity contribution in [1.82, 2.24) is 9.80 Å². The average Bonchev–Trinajstić information content (AvgIpc) is 2.76. The van der Waals surface area contributed by atoms with Gasteiger partial charge in [0.15, 0.2) is 0 Å². The summed E-state index contributed by atoms with van der Waals surface area (Å²) in [7, 11) is 0. The Kier molecular flexibility index (Phi) is 8.75. The highest BCUT2D eigenvalue weighted by atomic mass is 19.3. The molecular weight excluding hydrogens is 404 g/mol. The molecule has 0 spiro atoms. The van der Waals surface area contributed by atoms with E-state index in [1.54, 1.807) is 12.1 Å². The van der Waals surface area contributed by atoms with Gasteiger partial charge in [-0.2, -0.15) is 8.78 Å². The monoisotopic (exact) mass is 433 g/mol. The van der Waals surface area contributed by atoms with Gasteiger partial charge in [-0.25, -0.2) is 0 Å². The SMILES string of the molecule is CC(CN1CCOCC1)N(CC(=O)Nc1ccc(OC(F)F)cc1)Cc1ccccc1. The third kappa shape index (κ3) is 7.90. The van der Waals surface area contributed by atoms with E-state index in [1.165, 1.54) is 12.1 Å². The minimum Gasteiger partial charge on any atom is -0.435 e. The first kappa shape index (κ1) is 23.1. The lowest BCUT2D eigenvalue weighted by Gasteiger charge is -2.34. The van der Waals surface area contributed by atoms with E-state index < -0.39 is 6.61 Å². The summed E-state index contributed by atoms with van der Waals surface area (Å²) >= 11 is 0. The smallest absolute Gasteiger partial charge is 0.387 e. The number of carbonyl (C=O) groups excluding carboxylic acids is 1. The first-order valence-corrected chi connectivity index (χ1v) is 10.4. The Morgan fingerprint density at radius 2 is 1.81 bits per heavy atom. The Morgan fingerprint density at radius 3 is 2.45 bits per heavy atom. The summed E-state index contributed by atoms with van der Waals surface area (Å²) in [6.45, 7) is 4.22. The Morgan fingerprint density at radius 1 is 1.13 bits per heavy atom. The Balaban J connectivity index is 1.61. The van der Waals surface area contributed by atoms with E-state index in [1.807, 2.05) is 30.3 Å². The number of hydrogen-bond donors (Lipinski definition) is 1. The molecule has 1 fully saturated rings. The zero-order valence-electron chi connectivity index (χ0n) is 17.7. The number of benzene rings is 2. The summed E-state index contributed by atoms with van der Waals surface area (Å²) in [4.78, 5) is 17.2. The molecule has 0 aromatic heterocycles. The molecule has 6 nitrogen and oxygen atoms in total. The largest absolute Gasteiger partial charge is 0.435 e. The number of nitrogens with zero attached hydrogens (tertiary/aromatic N) is 2. The van der Waals surface area contributed by atoms with Crippen LogP contribution >= 0.6 is 0 Å². The third-order valence-corrected chi connectivity index (χ3v) is 5.19.